The molecule has 1 unspecified atom stereocenters. The van der Waals surface area contributed by atoms with Gasteiger partial charge in [0.15, 0.2) is 6.61 Å². The Hall–Kier alpha value is -2.66. The summed E-state index contributed by atoms with van der Waals surface area (Å²) in [6, 6.07) is 11.0. The number of nitrogens with one attached hydrogen (secondary N) is 3. The van der Waals surface area contributed by atoms with E-state index in [1.54, 1.807) is 18.2 Å². The number of hydrogen-bond acceptors (Lipinski definition) is 6. The molecule has 3 N–H and O–H groups in total. The van der Waals surface area contributed by atoms with E-state index in [0.29, 0.717) is 12.4 Å². The second-order valence-electron chi connectivity index (χ2n) is 7.24. The molecule has 11 heteroatoms. The molecule has 1 aliphatic heterocycles. The molecular weight excluding hydrogens is 458 g/mol. The lowest BCUT2D eigenvalue weighted by Crippen LogP contribution is -2.43. The van der Waals surface area contributed by atoms with Crippen molar-refractivity contribution >= 4 is 33.4 Å². The zero-order chi connectivity index (χ0) is 23.1. The Kier molecular flexibility index (Phi) is 8.08. The second kappa shape index (κ2) is 10.8. The number of hydrogen-bond donors (Lipinski definition) is 3. The molecule has 3 rings (SSSR count). The molecule has 1 saturated heterocycles. The molecule has 2 amide bonds. The predicted octanol–water partition coefficient (Wildman–Crippen LogP) is 1.95. The van der Waals surface area contributed by atoms with Crippen LogP contribution in [0.2, 0.25) is 5.02 Å². The van der Waals surface area contributed by atoms with E-state index >= 15 is 0 Å². The van der Waals surface area contributed by atoms with Gasteiger partial charge in [0.05, 0.1) is 11.1 Å². The van der Waals surface area contributed by atoms with Crippen molar-refractivity contribution in [1.82, 2.24) is 15.6 Å². The first-order valence-electron chi connectivity index (χ1n) is 9.94. The minimum Gasteiger partial charge on any atom is -0.484 e. The SMILES string of the molecule is Cc1cccc(OCC(=O)NNC(=O)c2ccc(Cl)c(S(=O)(=O)NCC3CCCO3)c2)c1. The Morgan fingerprint density at radius 2 is 2.00 bits per heavy atom. The number of carbonyl (C=O) groups is 2. The average molecular weight is 482 g/mol. The highest BCUT2D eigenvalue weighted by atomic mass is 35.5. The van der Waals surface area contributed by atoms with E-state index in [1.807, 2.05) is 13.0 Å². The van der Waals surface area contributed by atoms with Crippen LogP contribution in [0.3, 0.4) is 0 Å². The molecular formula is C21H24ClN3O6S. The standard InChI is InChI=1S/C21H24ClN3O6S/c1-14-4-2-5-16(10-14)31-13-20(26)24-25-21(27)15-7-8-18(22)19(11-15)32(28,29)23-12-17-6-3-9-30-17/h2,4-5,7-8,10-11,17,23H,3,6,9,12-13H2,1H3,(H,24,26)(H,25,27). The zero-order valence-electron chi connectivity index (χ0n) is 17.4. The van der Waals surface area contributed by atoms with E-state index in [9.17, 15) is 18.0 Å². The van der Waals surface area contributed by atoms with E-state index in [4.69, 9.17) is 21.1 Å². The lowest BCUT2D eigenvalue weighted by Gasteiger charge is -2.13. The van der Waals surface area contributed by atoms with Crippen molar-refractivity contribution in [2.24, 2.45) is 0 Å². The van der Waals surface area contributed by atoms with Gasteiger partial charge in [0.2, 0.25) is 10.0 Å². The van der Waals surface area contributed by atoms with Crippen LogP contribution in [0.1, 0.15) is 28.8 Å². The summed E-state index contributed by atoms with van der Waals surface area (Å²) in [5.41, 5.74) is 5.43. The van der Waals surface area contributed by atoms with Crippen molar-refractivity contribution in [3.8, 4) is 5.75 Å². The first-order chi connectivity index (χ1) is 15.2. The number of carbonyl (C=O) groups excluding carboxylic acids is 2. The number of benzene rings is 2. The molecule has 2 aromatic carbocycles. The van der Waals surface area contributed by atoms with E-state index in [1.165, 1.54) is 12.1 Å². The van der Waals surface area contributed by atoms with Crippen LogP contribution in [0.4, 0.5) is 0 Å². The number of hydrazine groups is 1. The van der Waals surface area contributed by atoms with Crippen LogP contribution in [0.5, 0.6) is 5.75 Å². The van der Waals surface area contributed by atoms with Crippen molar-refractivity contribution in [2.45, 2.75) is 30.8 Å². The van der Waals surface area contributed by atoms with Crippen LogP contribution in [-0.4, -0.2) is 46.1 Å². The Morgan fingerprint density at radius 1 is 1.19 bits per heavy atom. The molecule has 1 fully saturated rings. The highest BCUT2D eigenvalue weighted by Crippen LogP contribution is 2.23. The maximum absolute atomic E-state index is 12.6. The Labute approximate surface area is 191 Å². The lowest BCUT2D eigenvalue weighted by atomic mass is 10.2. The molecule has 32 heavy (non-hydrogen) atoms. The largest absolute Gasteiger partial charge is 0.484 e. The predicted molar refractivity (Wildman–Crippen MR) is 118 cm³/mol. The molecule has 172 valence electrons. The number of halogens is 1. The molecule has 0 saturated carbocycles. The summed E-state index contributed by atoms with van der Waals surface area (Å²) < 4.78 is 38.5. The van der Waals surface area contributed by atoms with Crippen molar-refractivity contribution in [2.75, 3.05) is 19.8 Å². The Bertz CT molecular complexity index is 1090. The highest BCUT2D eigenvalue weighted by Gasteiger charge is 2.23. The number of rotatable bonds is 8. The fraction of sp³-hybridized carbons (Fsp3) is 0.333. The van der Waals surface area contributed by atoms with Gasteiger partial charge in [-0.1, -0.05) is 23.7 Å². The van der Waals surface area contributed by atoms with Crippen LogP contribution < -0.4 is 20.3 Å². The lowest BCUT2D eigenvalue weighted by molar-refractivity contribution is -0.123. The smallest absolute Gasteiger partial charge is 0.276 e. The third-order valence-electron chi connectivity index (χ3n) is 4.68. The number of sulfonamides is 1. The van der Waals surface area contributed by atoms with Crippen molar-refractivity contribution in [3.63, 3.8) is 0 Å². The molecule has 0 aromatic heterocycles. The fourth-order valence-corrected chi connectivity index (χ4v) is 4.61. The maximum atomic E-state index is 12.6. The second-order valence-corrected chi connectivity index (χ2v) is 9.38. The molecule has 2 aromatic rings. The van der Waals surface area contributed by atoms with Gasteiger partial charge in [-0.25, -0.2) is 13.1 Å². The normalized spacial score (nSPS) is 15.9. The van der Waals surface area contributed by atoms with Gasteiger partial charge in [0, 0.05) is 18.7 Å². The molecule has 0 spiro atoms. The summed E-state index contributed by atoms with van der Waals surface area (Å²) in [5, 5.41) is -0.0306. The van der Waals surface area contributed by atoms with Gasteiger partial charge < -0.3 is 9.47 Å². The van der Waals surface area contributed by atoms with Crippen molar-refractivity contribution in [3.05, 3.63) is 58.6 Å². The van der Waals surface area contributed by atoms with Gasteiger partial charge in [-0.2, -0.15) is 0 Å². The zero-order valence-corrected chi connectivity index (χ0v) is 19.0. The highest BCUT2D eigenvalue weighted by molar-refractivity contribution is 7.89. The van der Waals surface area contributed by atoms with Gasteiger partial charge in [0.1, 0.15) is 10.6 Å². The maximum Gasteiger partial charge on any atom is 0.276 e. The number of ether oxygens (including phenoxy) is 2. The fourth-order valence-electron chi connectivity index (χ4n) is 3.03. The third-order valence-corrected chi connectivity index (χ3v) is 6.59. The summed E-state index contributed by atoms with van der Waals surface area (Å²) in [7, 11) is -3.96. The third kappa shape index (κ3) is 6.67. The van der Waals surface area contributed by atoms with Crippen LogP contribution in [0, 0.1) is 6.92 Å². The van der Waals surface area contributed by atoms with E-state index in [2.05, 4.69) is 15.6 Å². The van der Waals surface area contributed by atoms with Gasteiger partial charge in [-0.15, -0.1) is 0 Å². The van der Waals surface area contributed by atoms with Crippen LogP contribution >= 0.6 is 11.6 Å². The molecule has 1 atom stereocenters. The first-order valence-corrected chi connectivity index (χ1v) is 11.8. The summed E-state index contributed by atoms with van der Waals surface area (Å²) >= 11 is 6.05. The van der Waals surface area contributed by atoms with Gasteiger partial charge in [0.25, 0.3) is 11.8 Å². The van der Waals surface area contributed by atoms with E-state index < -0.39 is 21.8 Å². The molecule has 0 bridgehead atoms. The molecule has 9 nitrogen and oxygen atoms in total. The quantitative estimate of drug-likeness (QED) is 0.495. The van der Waals surface area contributed by atoms with Gasteiger partial charge in [-0.3, -0.25) is 20.4 Å². The Balaban J connectivity index is 1.56. The van der Waals surface area contributed by atoms with E-state index in [-0.39, 0.29) is 34.7 Å². The number of amides is 2. The summed E-state index contributed by atoms with van der Waals surface area (Å²) in [6.45, 7) is 2.31. The minimum atomic E-state index is -3.96. The van der Waals surface area contributed by atoms with E-state index in [0.717, 1.165) is 24.5 Å². The minimum absolute atomic E-state index is 0.00629. The first kappa shape index (κ1) is 24.0. The molecule has 0 aliphatic carbocycles. The molecule has 1 aliphatic rings. The number of aryl methyl sites for hydroxylation is 1. The van der Waals surface area contributed by atoms with Crippen LogP contribution in [-0.2, 0) is 19.6 Å². The topological polar surface area (TPSA) is 123 Å². The molecule has 0 radical (unpaired) electrons. The van der Waals surface area contributed by atoms with Crippen LogP contribution in [0.15, 0.2) is 47.4 Å². The van der Waals surface area contributed by atoms with Gasteiger partial charge in [-0.05, 0) is 55.7 Å². The van der Waals surface area contributed by atoms with Crippen molar-refractivity contribution < 1.29 is 27.5 Å². The van der Waals surface area contributed by atoms with Crippen LogP contribution in [0.25, 0.3) is 0 Å². The summed E-state index contributed by atoms with van der Waals surface area (Å²) in [5.74, 6) is -0.768. The summed E-state index contributed by atoms with van der Waals surface area (Å²) in [4.78, 5) is 24.1. The van der Waals surface area contributed by atoms with Gasteiger partial charge >= 0.3 is 0 Å². The Morgan fingerprint density at radius 3 is 2.72 bits per heavy atom. The molecule has 1 heterocycles. The average Bonchev–Trinajstić information content (AvgIpc) is 3.29. The van der Waals surface area contributed by atoms with Crippen molar-refractivity contribution in [1.29, 1.82) is 0 Å². The summed E-state index contributed by atoms with van der Waals surface area (Å²) in [6.07, 6.45) is 1.46. The monoisotopic (exact) mass is 481 g/mol.